The van der Waals surface area contributed by atoms with Crippen molar-refractivity contribution < 1.29 is 9.72 Å². The summed E-state index contributed by atoms with van der Waals surface area (Å²) in [6.07, 6.45) is 0. The van der Waals surface area contributed by atoms with E-state index in [-0.39, 0.29) is 11.5 Å². The number of benzene rings is 2. The van der Waals surface area contributed by atoms with Crippen molar-refractivity contribution in [3.05, 3.63) is 63.7 Å². The molecule has 128 valence electrons. The van der Waals surface area contributed by atoms with Crippen molar-refractivity contribution in [2.75, 3.05) is 0 Å². The maximum Gasteiger partial charge on any atom is 0.270 e. The van der Waals surface area contributed by atoms with Crippen molar-refractivity contribution in [2.45, 2.75) is 44.4 Å². The lowest BCUT2D eigenvalue weighted by atomic mass is 10.1. The zero-order valence-corrected chi connectivity index (χ0v) is 15.5. The van der Waals surface area contributed by atoms with E-state index in [4.69, 9.17) is 0 Å². The Labute approximate surface area is 147 Å². The highest BCUT2D eigenvalue weighted by atomic mass is 32.2. The summed E-state index contributed by atoms with van der Waals surface area (Å²) in [6.45, 7) is 9.90. The summed E-state index contributed by atoms with van der Waals surface area (Å²) in [5, 5.41) is 10.8. The highest BCUT2D eigenvalue weighted by Gasteiger charge is 2.12. The Morgan fingerprint density at radius 1 is 1.08 bits per heavy atom. The van der Waals surface area contributed by atoms with E-state index < -0.39 is 4.92 Å². The van der Waals surface area contributed by atoms with Crippen LogP contribution in [0.3, 0.4) is 0 Å². The van der Waals surface area contributed by atoms with E-state index in [0.717, 1.165) is 21.3 Å². The zero-order valence-electron chi connectivity index (χ0n) is 14.7. The number of rotatable bonds is 4. The molecule has 0 bridgehead atoms. The van der Waals surface area contributed by atoms with E-state index in [1.165, 1.54) is 30.8 Å². The van der Waals surface area contributed by atoms with Crippen LogP contribution in [0.2, 0.25) is 0 Å². The van der Waals surface area contributed by atoms with Gasteiger partial charge in [-0.05, 0) is 31.4 Å². The van der Waals surface area contributed by atoms with Crippen molar-refractivity contribution in [1.82, 2.24) is 0 Å². The lowest BCUT2D eigenvalue weighted by Gasteiger charge is -2.08. The number of aryl methyl sites for hydroxylation is 1. The maximum atomic E-state index is 11.6. The molecule has 2 rings (SSSR count). The fourth-order valence-electron chi connectivity index (χ4n) is 1.78. The van der Waals surface area contributed by atoms with Crippen LogP contribution < -0.4 is 0 Å². The summed E-state index contributed by atoms with van der Waals surface area (Å²) >= 11 is 1.38. The van der Waals surface area contributed by atoms with Crippen LogP contribution in [0.15, 0.2) is 52.3 Å². The highest BCUT2D eigenvalue weighted by molar-refractivity contribution is 7.99. The molecule has 0 aliphatic heterocycles. The van der Waals surface area contributed by atoms with Gasteiger partial charge in [-0.1, -0.05) is 56.8 Å². The summed E-state index contributed by atoms with van der Waals surface area (Å²) in [6, 6.07) is 12.0. The summed E-state index contributed by atoms with van der Waals surface area (Å²) in [5.41, 5.74) is 1.63. The Kier molecular flexibility index (Phi) is 7.65. The van der Waals surface area contributed by atoms with Crippen LogP contribution in [0.1, 0.15) is 43.6 Å². The average Bonchev–Trinajstić information content (AvgIpc) is 2.49. The number of nitrogens with zero attached hydrogens (tertiary/aromatic N) is 1. The molecule has 0 unspecified atom stereocenters. The van der Waals surface area contributed by atoms with E-state index in [0.29, 0.717) is 5.56 Å². The molecule has 0 aliphatic carbocycles. The van der Waals surface area contributed by atoms with Gasteiger partial charge in [-0.25, -0.2) is 0 Å². The molecule has 24 heavy (non-hydrogen) atoms. The van der Waals surface area contributed by atoms with Crippen LogP contribution in [0.5, 0.6) is 0 Å². The van der Waals surface area contributed by atoms with Gasteiger partial charge in [0.2, 0.25) is 0 Å². The van der Waals surface area contributed by atoms with Crippen LogP contribution in [0.25, 0.3) is 0 Å². The van der Waals surface area contributed by atoms with Gasteiger partial charge < -0.3 is 0 Å². The molecule has 0 atom stereocenters. The third-order valence-corrected chi connectivity index (χ3v) is 4.10. The van der Waals surface area contributed by atoms with Crippen LogP contribution >= 0.6 is 11.8 Å². The van der Waals surface area contributed by atoms with Gasteiger partial charge in [0.15, 0.2) is 5.78 Å². The molecule has 0 N–H and O–H groups in total. The molecule has 0 amide bonds. The molecule has 0 heterocycles. The molecule has 0 radical (unpaired) electrons. The van der Waals surface area contributed by atoms with Crippen molar-refractivity contribution in [3.63, 3.8) is 0 Å². The second kappa shape index (κ2) is 9.23. The minimum atomic E-state index is -0.416. The van der Waals surface area contributed by atoms with E-state index in [1.54, 1.807) is 18.2 Å². The SMILES string of the molecule is CC(=O)c1ccccc1Sc1cc([N+](=O)[O-])ccc1C.CC(C)C. The second-order valence-corrected chi connectivity index (χ2v) is 7.18. The predicted octanol–water partition coefficient (Wildman–Crippen LogP) is 5.92. The first kappa shape index (κ1) is 19.9. The molecule has 0 fully saturated rings. The number of hydrogen-bond donors (Lipinski definition) is 0. The number of hydrogen-bond acceptors (Lipinski definition) is 4. The van der Waals surface area contributed by atoms with Gasteiger partial charge in [-0.3, -0.25) is 14.9 Å². The molecule has 0 saturated carbocycles. The number of non-ortho nitro benzene ring substituents is 1. The number of nitro benzene ring substituents is 1. The maximum absolute atomic E-state index is 11.6. The minimum Gasteiger partial charge on any atom is -0.294 e. The first-order chi connectivity index (χ1) is 11.2. The third kappa shape index (κ3) is 6.16. The van der Waals surface area contributed by atoms with Gasteiger partial charge in [0.1, 0.15) is 0 Å². The Morgan fingerprint density at radius 3 is 2.21 bits per heavy atom. The van der Waals surface area contributed by atoms with E-state index in [1.807, 2.05) is 19.1 Å². The minimum absolute atomic E-state index is 0.0174. The molecule has 0 spiro atoms. The van der Waals surface area contributed by atoms with E-state index in [9.17, 15) is 14.9 Å². The van der Waals surface area contributed by atoms with Gasteiger partial charge in [0.25, 0.3) is 5.69 Å². The number of carbonyl (C=O) groups is 1. The fraction of sp³-hybridized carbons (Fsp3) is 0.316. The quantitative estimate of drug-likeness (QED) is 0.392. The van der Waals surface area contributed by atoms with Crippen LogP contribution in [0.4, 0.5) is 5.69 Å². The van der Waals surface area contributed by atoms with E-state index >= 15 is 0 Å². The van der Waals surface area contributed by atoms with Crippen LogP contribution in [0, 0.1) is 23.0 Å². The largest absolute Gasteiger partial charge is 0.294 e. The lowest BCUT2D eigenvalue weighted by Crippen LogP contribution is -1.95. The highest BCUT2D eigenvalue weighted by Crippen LogP contribution is 2.34. The molecule has 2 aromatic carbocycles. The van der Waals surface area contributed by atoms with Crippen LogP contribution in [-0.2, 0) is 0 Å². The summed E-state index contributed by atoms with van der Waals surface area (Å²) < 4.78 is 0. The Morgan fingerprint density at radius 2 is 1.67 bits per heavy atom. The fourth-order valence-corrected chi connectivity index (χ4v) is 2.89. The average molecular weight is 345 g/mol. The molecular weight excluding hydrogens is 322 g/mol. The van der Waals surface area contributed by atoms with Crippen molar-refractivity contribution in [1.29, 1.82) is 0 Å². The Hall–Kier alpha value is -2.14. The summed E-state index contributed by atoms with van der Waals surface area (Å²) in [5.74, 6) is 0.816. The van der Waals surface area contributed by atoms with E-state index in [2.05, 4.69) is 20.8 Å². The molecule has 2 aromatic rings. The molecule has 0 aliphatic rings. The standard InChI is InChI=1S/C15H13NO3S.C4H10/c1-10-7-8-12(16(18)19)9-15(10)20-14-6-4-3-5-13(14)11(2)17;1-4(2)3/h3-9H,1-2H3;4H,1-3H3. The second-order valence-electron chi connectivity index (χ2n) is 6.09. The van der Waals surface area contributed by atoms with Crippen molar-refractivity contribution >= 4 is 23.2 Å². The summed E-state index contributed by atoms with van der Waals surface area (Å²) in [7, 11) is 0. The molecule has 5 heteroatoms. The van der Waals surface area contributed by atoms with Gasteiger partial charge in [0.05, 0.1) is 4.92 Å². The van der Waals surface area contributed by atoms with Crippen molar-refractivity contribution in [3.8, 4) is 0 Å². The van der Waals surface area contributed by atoms with Gasteiger partial charge >= 0.3 is 0 Å². The van der Waals surface area contributed by atoms with Crippen LogP contribution in [-0.4, -0.2) is 10.7 Å². The monoisotopic (exact) mass is 345 g/mol. The first-order valence-corrected chi connectivity index (χ1v) is 8.57. The van der Waals surface area contributed by atoms with Gasteiger partial charge in [-0.15, -0.1) is 0 Å². The van der Waals surface area contributed by atoms with Gasteiger partial charge in [-0.2, -0.15) is 0 Å². The molecule has 0 aromatic heterocycles. The number of Topliss-reactive ketones (excluding diaryl/α,β-unsaturated/α-hetero) is 1. The normalized spacial score (nSPS) is 10.1. The molecular formula is C19H23NO3S. The zero-order chi connectivity index (χ0) is 18.3. The topological polar surface area (TPSA) is 60.2 Å². The summed E-state index contributed by atoms with van der Waals surface area (Å²) in [4.78, 5) is 23.6. The Bertz CT molecular complexity index is 724. The Balaban J connectivity index is 0.000000648. The smallest absolute Gasteiger partial charge is 0.270 e. The number of ketones is 1. The lowest BCUT2D eigenvalue weighted by molar-refractivity contribution is -0.385. The molecule has 4 nitrogen and oxygen atoms in total. The first-order valence-electron chi connectivity index (χ1n) is 7.75. The van der Waals surface area contributed by atoms with Gasteiger partial charge in [0, 0.05) is 27.5 Å². The number of carbonyl (C=O) groups excluding carboxylic acids is 1. The third-order valence-electron chi connectivity index (χ3n) is 2.87. The van der Waals surface area contributed by atoms with Crippen molar-refractivity contribution in [2.24, 2.45) is 5.92 Å². The number of nitro groups is 1. The predicted molar refractivity (Wildman–Crippen MR) is 98.9 cm³/mol. The molecule has 0 saturated heterocycles.